The number of carbonyl (C=O) groups is 2. The van der Waals surface area contributed by atoms with Gasteiger partial charge in [-0.15, -0.1) is 0 Å². The molecule has 0 unspecified atom stereocenters. The van der Waals surface area contributed by atoms with E-state index in [4.69, 9.17) is 11.6 Å². The fourth-order valence-electron chi connectivity index (χ4n) is 2.29. The van der Waals surface area contributed by atoms with Crippen molar-refractivity contribution in [1.82, 2.24) is 4.90 Å². The maximum Gasteiger partial charge on any atom is 0.406 e. The molecule has 0 spiro atoms. The van der Waals surface area contributed by atoms with Crippen molar-refractivity contribution < 1.29 is 22.8 Å². The van der Waals surface area contributed by atoms with Crippen LogP contribution < -0.4 is 5.32 Å². The minimum atomic E-state index is -4.47. The maximum atomic E-state index is 12.3. The van der Waals surface area contributed by atoms with E-state index in [2.05, 4.69) is 5.32 Å². The van der Waals surface area contributed by atoms with Crippen molar-refractivity contribution in [1.29, 1.82) is 0 Å². The summed E-state index contributed by atoms with van der Waals surface area (Å²) in [5.74, 6) is -1.95. The molecule has 1 heterocycles. The van der Waals surface area contributed by atoms with Crippen LogP contribution in [0.2, 0.25) is 5.02 Å². The molecule has 2 amide bonds. The molecule has 1 atom stereocenters. The summed E-state index contributed by atoms with van der Waals surface area (Å²) in [5.41, 5.74) is 1.15. The smallest absolute Gasteiger partial charge is 0.333 e. The molecule has 4 nitrogen and oxygen atoms in total. The van der Waals surface area contributed by atoms with Crippen molar-refractivity contribution in [2.24, 2.45) is 5.92 Å². The van der Waals surface area contributed by atoms with E-state index in [-0.39, 0.29) is 13.0 Å². The Morgan fingerprint density at radius 3 is 2.77 bits per heavy atom. The SMILES string of the molecule is Cc1c(Cl)cccc1NC(=O)[C@@H]1CC(=O)N(CC(F)(F)F)C1. The summed E-state index contributed by atoms with van der Waals surface area (Å²) in [6, 6.07) is 4.96. The molecule has 0 aromatic heterocycles. The molecule has 0 aliphatic carbocycles. The average molecular weight is 335 g/mol. The van der Waals surface area contributed by atoms with E-state index in [1.54, 1.807) is 25.1 Å². The summed E-state index contributed by atoms with van der Waals surface area (Å²) in [4.78, 5) is 24.3. The molecule has 0 saturated carbocycles. The Hall–Kier alpha value is -1.76. The van der Waals surface area contributed by atoms with Crippen molar-refractivity contribution in [2.45, 2.75) is 19.5 Å². The van der Waals surface area contributed by atoms with E-state index in [1.165, 1.54) is 0 Å². The summed E-state index contributed by atoms with van der Waals surface area (Å²) in [7, 11) is 0. The molecule has 1 N–H and O–H groups in total. The van der Waals surface area contributed by atoms with Gasteiger partial charge in [0.1, 0.15) is 6.54 Å². The number of amides is 2. The molecule has 1 saturated heterocycles. The quantitative estimate of drug-likeness (QED) is 0.923. The highest BCUT2D eigenvalue weighted by atomic mass is 35.5. The lowest BCUT2D eigenvalue weighted by molar-refractivity contribution is -0.157. The molecule has 1 aromatic carbocycles. The summed E-state index contributed by atoms with van der Waals surface area (Å²) >= 11 is 5.94. The third kappa shape index (κ3) is 3.91. The molecule has 8 heteroatoms. The number of hydrogen-bond donors (Lipinski definition) is 1. The van der Waals surface area contributed by atoms with Crippen LogP contribution in [0.4, 0.5) is 18.9 Å². The van der Waals surface area contributed by atoms with Crippen LogP contribution in [0.1, 0.15) is 12.0 Å². The van der Waals surface area contributed by atoms with Crippen LogP contribution >= 0.6 is 11.6 Å². The van der Waals surface area contributed by atoms with Gasteiger partial charge in [-0.1, -0.05) is 17.7 Å². The predicted molar refractivity (Wildman–Crippen MR) is 75.6 cm³/mol. The van der Waals surface area contributed by atoms with Gasteiger partial charge in [-0.3, -0.25) is 9.59 Å². The standard InChI is InChI=1S/C14H14ClF3N2O2/c1-8-10(15)3-2-4-11(8)19-13(22)9-5-12(21)20(6-9)7-14(16,17)18/h2-4,9H,5-7H2,1H3,(H,19,22)/t9-/m1/s1. The lowest BCUT2D eigenvalue weighted by Crippen LogP contribution is -2.36. The third-order valence-electron chi connectivity index (χ3n) is 3.48. The number of benzene rings is 1. The first-order valence-electron chi connectivity index (χ1n) is 6.58. The number of alkyl halides is 3. The first-order valence-corrected chi connectivity index (χ1v) is 6.95. The fourth-order valence-corrected chi connectivity index (χ4v) is 2.47. The van der Waals surface area contributed by atoms with Gasteiger partial charge in [0.25, 0.3) is 0 Å². The number of hydrogen-bond acceptors (Lipinski definition) is 2. The molecule has 0 bridgehead atoms. The summed E-state index contributed by atoms with van der Waals surface area (Å²) in [6.45, 7) is 0.156. The second-order valence-electron chi connectivity index (χ2n) is 5.19. The van der Waals surface area contributed by atoms with E-state index in [0.717, 1.165) is 0 Å². The van der Waals surface area contributed by atoms with Crippen LogP contribution in [0.5, 0.6) is 0 Å². The van der Waals surface area contributed by atoms with Crippen molar-refractivity contribution in [3.8, 4) is 0 Å². The van der Waals surface area contributed by atoms with E-state index in [9.17, 15) is 22.8 Å². The van der Waals surface area contributed by atoms with Gasteiger partial charge in [0.05, 0.1) is 5.92 Å². The monoisotopic (exact) mass is 334 g/mol. The highest BCUT2D eigenvalue weighted by molar-refractivity contribution is 6.31. The largest absolute Gasteiger partial charge is 0.406 e. The van der Waals surface area contributed by atoms with Gasteiger partial charge in [-0.2, -0.15) is 13.2 Å². The van der Waals surface area contributed by atoms with Crippen molar-refractivity contribution in [2.75, 3.05) is 18.4 Å². The fraction of sp³-hybridized carbons (Fsp3) is 0.429. The molecule has 1 aliphatic heterocycles. The molecule has 120 valence electrons. The highest BCUT2D eigenvalue weighted by Gasteiger charge is 2.40. The first-order chi connectivity index (χ1) is 10.2. The molecule has 1 aliphatic rings. The number of carbonyl (C=O) groups excluding carboxylic acids is 2. The van der Waals surface area contributed by atoms with E-state index < -0.39 is 30.5 Å². The number of rotatable bonds is 3. The average Bonchev–Trinajstić information content (AvgIpc) is 2.74. The third-order valence-corrected chi connectivity index (χ3v) is 3.89. The Morgan fingerprint density at radius 2 is 2.14 bits per heavy atom. The highest BCUT2D eigenvalue weighted by Crippen LogP contribution is 2.27. The molecule has 1 fully saturated rings. The van der Waals surface area contributed by atoms with E-state index >= 15 is 0 Å². The molecule has 22 heavy (non-hydrogen) atoms. The number of anilines is 1. The zero-order valence-corrected chi connectivity index (χ0v) is 12.5. The van der Waals surface area contributed by atoms with Gasteiger partial charge in [-0.05, 0) is 24.6 Å². The molecule has 1 aromatic rings. The number of halogens is 4. The lowest BCUT2D eigenvalue weighted by Gasteiger charge is -2.18. The summed E-state index contributed by atoms with van der Waals surface area (Å²) in [6.07, 6.45) is -4.69. The predicted octanol–water partition coefficient (Wildman–Crippen LogP) is 3.00. The zero-order valence-electron chi connectivity index (χ0n) is 11.7. The van der Waals surface area contributed by atoms with Gasteiger partial charge >= 0.3 is 6.18 Å². The van der Waals surface area contributed by atoms with Crippen LogP contribution in [0, 0.1) is 12.8 Å². The van der Waals surface area contributed by atoms with Gasteiger partial charge in [0, 0.05) is 23.7 Å². The van der Waals surface area contributed by atoms with Crippen LogP contribution in [0.3, 0.4) is 0 Å². The molecular formula is C14H14ClF3N2O2. The van der Waals surface area contributed by atoms with Gasteiger partial charge in [-0.25, -0.2) is 0 Å². The van der Waals surface area contributed by atoms with E-state index in [1.807, 2.05) is 0 Å². The van der Waals surface area contributed by atoms with Gasteiger partial charge in [0.2, 0.25) is 11.8 Å². The second-order valence-corrected chi connectivity index (χ2v) is 5.60. The van der Waals surface area contributed by atoms with Crippen LogP contribution in [0.25, 0.3) is 0 Å². The zero-order chi connectivity index (χ0) is 16.5. The van der Waals surface area contributed by atoms with Gasteiger partial charge in [0.15, 0.2) is 0 Å². The summed E-state index contributed by atoms with van der Waals surface area (Å²) < 4.78 is 37.0. The normalized spacial score (nSPS) is 18.7. The van der Waals surface area contributed by atoms with Crippen molar-refractivity contribution >= 4 is 29.1 Å². The number of nitrogens with zero attached hydrogens (tertiary/aromatic N) is 1. The van der Waals surface area contributed by atoms with Crippen LogP contribution in [-0.2, 0) is 9.59 Å². The van der Waals surface area contributed by atoms with Crippen molar-refractivity contribution in [3.63, 3.8) is 0 Å². The number of nitrogens with one attached hydrogen (secondary N) is 1. The Morgan fingerprint density at radius 1 is 1.45 bits per heavy atom. The topological polar surface area (TPSA) is 49.4 Å². The molecule has 0 radical (unpaired) electrons. The molecular weight excluding hydrogens is 321 g/mol. The minimum absolute atomic E-state index is 0.221. The van der Waals surface area contributed by atoms with Crippen LogP contribution in [-0.4, -0.2) is 36.0 Å². The Labute approximate surface area is 130 Å². The Kier molecular flexibility index (Phi) is 4.65. The first kappa shape index (κ1) is 16.6. The molecule has 2 rings (SSSR count). The number of likely N-dealkylation sites (tertiary alicyclic amines) is 1. The minimum Gasteiger partial charge on any atom is -0.333 e. The lowest BCUT2D eigenvalue weighted by atomic mass is 10.1. The van der Waals surface area contributed by atoms with Crippen LogP contribution in [0.15, 0.2) is 18.2 Å². The maximum absolute atomic E-state index is 12.3. The second kappa shape index (κ2) is 6.16. The Balaban J connectivity index is 2.02. The van der Waals surface area contributed by atoms with Crippen molar-refractivity contribution in [3.05, 3.63) is 28.8 Å². The Bertz CT molecular complexity index is 604. The van der Waals surface area contributed by atoms with E-state index in [0.29, 0.717) is 21.2 Å². The summed E-state index contributed by atoms with van der Waals surface area (Å²) in [5, 5.41) is 3.08. The van der Waals surface area contributed by atoms with Gasteiger partial charge < -0.3 is 10.2 Å².